The van der Waals surface area contributed by atoms with Gasteiger partial charge in [-0.25, -0.2) is 4.99 Å². The van der Waals surface area contributed by atoms with Gasteiger partial charge in [-0.2, -0.15) is 0 Å². The van der Waals surface area contributed by atoms with Crippen LogP contribution in [0.4, 0.5) is 17.1 Å². The number of benzene rings is 2. The number of anilines is 2. The van der Waals surface area contributed by atoms with Gasteiger partial charge in [0.15, 0.2) is 0 Å². The summed E-state index contributed by atoms with van der Waals surface area (Å²) in [6, 6.07) is 15.4. The van der Waals surface area contributed by atoms with Gasteiger partial charge >= 0.3 is 5.97 Å². The number of para-hydroxylation sites is 2. The standard InChI is InChI=1S/C22H23N3O3S/c1-3-15-8-10-16(11-9-15)24-20(26)14-29-21-12-17(13-22(27)28-2)23-18-6-4-5-7-19(18)25-21/h4-12,23H,3,13-14H2,1-2H3,(H,24,26). The van der Waals surface area contributed by atoms with Crippen molar-refractivity contribution in [1.29, 1.82) is 0 Å². The lowest BCUT2D eigenvalue weighted by molar-refractivity contribution is -0.139. The van der Waals surface area contributed by atoms with Gasteiger partial charge in [-0.3, -0.25) is 9.59 Å². The van der Waals surface area contributed by atoms with E-state index in [1.165, 1.54) is 24.4 Å². The van der Waals surface area contributed by atoms with Crippen molar-refractivity contribution in [2.75, 3.05) is 23.5 Å². The highest BCUT2D eigenvalue weighted by molar-refractivity contribution is 8.14. The van der Waals surface area contributed by atoms with Crippen LogP contribution < -0.4 is 10.6 Å². The number of methoxy groups -OCH3 is 1. The summed E-state index contributed by atoms with van der Waals surface area (Å²) in [6.07, 6.45) is 2.84. The quantitative estimate of drug-likeness (QED) is 0.686. The van der Waals surface area contributed by atoms with Gasteiger partial charge in [-0.1, -0.05) is 43.0 Å². The van der Waals surface area contributed by atoms with E-state index in [2.05, 4.69) is 22.5 Å². The van der Waals surface area contributed by atoms with Crippen molar-refractivity contribution in [3.05, 3.63) is 65.9 Å². The van der Waals surface area contributed by atoms with Crippen LogP contribution in [-0.2, 0) is 20.7 Å². The maximum Gasteiger partial charge on any atom is 0.311 e. The second kappa shape index (κ2) is 9.93. The Morgan fingerprint density at radius 3 is 2.62 bits per heavy atom. The number of ether oxygens (including phenoxy) is 1. The third kappa shape index (κ3) is 5.96. The molecule has 0 fully saturated rings. The normalized spacial score (nSPS) is 12.6. The minimum atomic E-state index is -0.347. The lowest BCUT2D eigenvalue weighted by atomic mass is 10.1. The molecule has 2 aromatic carbocycles. The minimum absolute atomic E-state index is 0.0976. The number of rotatable bonds is 6. The third-order valence-electron chi connectivity index (χ3n) is 4.29. The zero-order valence-corrected chi connectivity index (χ0v) is 17.2. The summed E-state index contributed by atoms with van der Waals surface area (Å²) in [6.45, 7) is 2.09. The summed E-state index contributed by atoms with van der Waals surface area (Å²) in [5, 5.41) is 6.77. The first-order valence-electron chi connectivity index (χ1n) is 9.31. The molecule has 1 aliphatic heterocycles. The molecule has 0 aromatic heterocycles. The first kappa shape index (κ1) is 20.7. The summed E-state index contributed by atoms with van der Waals surface area (Å²) < 4.78 is 4.77. The van der Waals surface area contributed by atoms with E-state index in [1.54, 1.807) is 6.08 Å². The second-order valence-corrected chi connectivity index (χ2v) is 7.40. The van der Waals surface area contributed by atoms with E-state index < -0.39 is 0 Å². The fourth-order valence-electron chi connectivity index (χ4n) is 2.74. The molecule has 1 aliphatic rings. The number of carbonyl (C=O) groups excluding carboxylic acids is 2. The second-order valence-electron chi connectivity index (χ2n) is 6.40. The third-order valence-corrected chi connectivity index (χ3v) is 5.20. The number of hydrogen-bond donors (Lipinski definition) is 2. The molecular formula is C22H23N3O3S. The molecular weight excluding hydrogens is 386 g/mol. The van der Waals surface area contributed by atoms with E-state index in [-0.39, 0.29) is 24.1 Å². The topological polar surface area (TPSA) is 79.8 Å². The average molecular weight is 410 g/mol. The summed E-state index contributed by atoms with van der Waals surface area (Å²) in [5.41, 5.74) is 4.22. The summed E-state index contributed by atoms with van der Waals surface area (Å²) in [4.78, 5) is 28.7. The Labute approximate surface area is 174 Å². The Morgan fingerprint density at radius 2 is 1.90 bits per heavy atom. The molecule has 0 unspecified atom stereocenters. The highest BCUT2D eigenvalue weighted by Crippen LogP contribution is 2.31. The van der Waals surface area contributed by atoms with Crippen LogP contribution in [0.3, 0.4) is 0 Å². The van der Waals surface area contributed by atoms with Gasteiger partial charge in [0, 0.05) is 11.4 Å². The van der Waals surface area contributed by atoms with Crippen LogP contribution in [0.1, 0.15) is 18.9 Å². The van der Waals surface area contributed by atoms with Crippen LogP contribution in [0.2, 0.25) is 0 Å². The maximum absolute atomic E-state index is 12.3. The number of esters is 1. The van der Waals surface area contributed by atoms with E-state index in [1.807, 2.05) is 48.5 Å². The van der Waals surface area contributed by atoms with Gasteiger partial charge in [-0.15, -0.1) is 0 Å². The Balaban J connectivity index is 1.69. The van der Waals surface area contributed by atoms with E-state index >= 15 is 0 Å². The van der Waals surface area contributed by atoms with E-state index in [0.29, 0.717) is 10.7 Å². The number of aliphatic imine (C=N–C) groups is 1. The summed E-state index contributed by atoms with van der Waals surface area (Å²) in [7, 11) is 1.36. The zero-order valence-electron chi connectivity index (χ0n) is 16.4. The molecule has 0 radical (unpaired) electrons. The van der Waals surface area contributed by atoms with Crippen molar-refractivity contribution in [1.82, 2.24) is 0 Å². The molecule has 0 saturated carbocycles. The molecule has 7 heteroatoms. The number of amides is 1. The van der Waals surface area contributed by atoms with Crippen LogP contribution in [-0.4, -0.2) is 29.8 Å². The molecule has 2 aromatic rings. The predicted octanol–water partition coefficient (Wildman–Crippen LogP) is 4.52. The molecule has 150 valence electrons. The molecule has 6 nitrogen and oxygen atoms in total. The number of aryl methyl sites for hydroxylation is 1. The summed E-state index contributed by atoms with van der Waals surface area (Å²) in [5.74, 6) is -0.255. The number of nitrogens with one attached hydrogen (secondary N) is 2. The fraction of sp³-hybridized carbons (Fsp3) is 0.227. The first-order valence-corrected chi connectivity index (χ1v) is 10.3. The molecule has 3 rings (SSSR count). The van der Waals surface area contributed by atoms with E-state index in [9.17, 15) is 9.59 Å². The molecule has 0 aliphatic carbocycles. The van der Waals surface area contributed by atoms with Gasteiger partial charge in [0.25, 0.3) is 0 Å². The predicted molar refractivity (Wildman–Crippen MR) is 119 cm³/mol. The first-order chi connectivity index (χ1) is 14.1. The Kier molecular flexibility index (Phi) is 7.08. The van der Waals surface area contributed by atoms with Crippen molar-refractivity contribution in [3.8, 4) is 0 Å². The number of fused-ring (bicyclic) bond motifs is 1. The van der Waals surface area contributed by atoms with Crippen LogP contribution in [0.5, 0.6) is 0 Å². The van der Waals surface area contributed by atoms with Crippen molar-refractivity contribution in [2.45, 2.75) is 19.8 Å². The number of nitrogens with zero attached hydrogens (tertiary/aromatic N) is 1. The van der Waals surface area contributed by atoms with Crippen LogP contribution in [0.15, 0.2) is 65.3 Å². The van der Waals surface area contributed by atoms with Crippen molar-refractivity contribution in [3.63, 3.8) is 0 Å². The number of hydrogen-bond acceptors (Lipinski definition) is 6. The minimum Gasteiger partial charge on any atom is -0.469 e. The zero-order chi connectivity index (χ0) is 20.6. The molecule has 0 atom stereocenters. The smallest absolute Gasteiger partial charge is 0.311 e. The van der Waals surface area contributed by atoms with Crippen molar-refractivity contribution >= 4 is 45.7 Å². The van der Waals surface area contributed by atoms with Crippen molar-refractivity contribution in [2.24, 2.45) is 4.99 Å². The molecule has 0 saturated heterocycles. The fourth-order valence-corrected chi connectivity index (χ4v) is 3.48. The SMILES string of the molecule is CCc1ccc(NC(=O)CSC2=Nc3ccccc3NC(CC(=O)OC)=C2)cc1. The Hall–Kier alpha value is -3.06. The number of thioether (sulfide) groups is 1. The van der Waals surface area contributed by atoms with E-state index in [0.717, 1.165) is 23.5 Å². The Morgan fingerprint density at radius 1 is 1.14 bits per heavy atom. The molecule has 0 spiro atoms. The largest absolute Gasteiger partial charge is 0.469 e. The van der Waals surface area contributed by atoms with Crippen LogP contribution in [0, 0.1) is 0 Å². The van der Waals surface area contributed by atoms with E-state index in [4.69, 9.17) is 4.74 Å². The van der Waals surface area contributed by atoms with Crippen LogP contribution >= 0.6 is 11.8 Å². The molecule has 1 amide bonds. The monoisotopic (exact) mass is 409 g/mol. The van der Waals surface area contributed by atoms with Gasteiger partial charge < -0.3 is 15.4 Å². The van der Waals surface area contributed by atoms with Crippen molar-refractivity contribution < 1.29 is 14.3 Å². The summed E-state index contributed by atoms with van der Waals surface area (Å²) >= 11 is 1.32. The number of carbonyl (C=O) groups is 2. The Bertz CT molecular complexity index is 952. The van der Waals surface area contributed by atoms with Gasteiger partial charge in [0.2, 0.25) is 5.91 Å². The van der Waals surface area contributed by atoms with Gasteiger partial charge in [-0.05, 0) is 42.3 Å². The maximum atomic E-state index is 12.3. The molecule has 2 N–H and O–H groups in total. The highest BCUT2D eigenvalue weighted by atomic mass is 32.2. The molecule has 1 heterocycles. The van der Waals surface area contributed by atoms with Gasteiger partial charge in [0.05, 0.1) is 35.7 Å². The average Bonchev–Trinajstić information content (AvgIpc) is 2.91. The molecule has 29 heavy (non-hydrogen) atoms. The van der Waals surface area contributed by atoms with Gasteiger partial charge in [0.1, 0.15) is 0 Å². The molecule has 0 bridgehead atoms. The lowest BCUT2D eigenvalue weighted by Crippen LogP contribution is -2.15. The van der Waals surface area contributed by atoms with Crippen LogP contribution in [0.25, 0.3) is 0 Å². The highest BCUT2D eigenvalue weighted by Gasteiger charge is 2.15. The lowest BCUT2D eigenvalue weighted by Gasteiger charge is -2.09.